The second kappa shape index (κ2) is 5.48. The molecule has 94 valence electrons. The standard InChI is InChI=1S/C14H12BrF2N/c1-18(14-5-3-2-4-12(14)16)9-10-6-7-11(15)8-13(10)17/h2-8H,9H2,1H3. The van der Waals surface area contributed by atoms with E-state index in [-0.39, 0.29) is 11.6 Å². The van der Waals surface area contributed by atoms with E-state index >= 15 is 0 Å². The minimum Gasteiger partial charge on any atom is -0.368 e. The number of halogens is 3. The van der Waals surface area contributed by atoms with E-state index in [1.165, 1.54) is 12.1 Å². The Morgan fingerprint density at radius 2 is 1.78 bits per heavy atom. The van der Waals surface area contributed by atoms with Crippen LogP contribution >= 0.6 is 15.9 Å². The van der Waals surface area contributed by atoms with Crippen molar-refractivity contribution in [2.24, 2.45) is 0 Å². The molecule has 0 saturated carbocycles. The molecule has 0 aliphatic rings. The Morgan fingerprint density at radius 1 is 1.06 bits per heavy atom. The molecule has 0 spiro atoms. The van der Waals surface area contributed by atoms with Crippen LogP contribution in [0, 0.1) is 11.6 Å². The van der Waals surface area contributed by atoms with E-state index in [1.54, 1.807) is 42.3 Å². The Balaban J connectivity index is 2.21. The first-order chi connectivity index (χ1) is 8.58. The van der Waals surface area contributed by atoms with Gasteiger partial charge in [0.1, 0.15) is 11.6 Å². The first-order valence-corrected chi connectivity index (χ1v) is 6.27. The summed E-state index contributed by atoms with van der Waals surface area (Å²) in [6, 6.07) is 11.3. The van der Waals surface area contributed by atoms with Crippen LogP contribution in [0.4, 0.5) is 14.5 Å². The first kappa shape index (κ1) is 13.0. The molecule has 18 heavy (non-hydrogen) atoms. The molecule has 0 aliphatic heterocycles. The van der Waals surface area contributed by atoms with Crippen LogP contribution in [0.5, 0.6) is 0 Å². The SMILES string of the molecule is CN(Cc1ccc(Br)cc1F)c1ccccc1F. The smallest absolute Gasteiger partial charge is 0.146 e. The number of rotatable bonds is 3. The maximum Gasteiger partial charge on any atom is 0.146 e. The van der Waals surface area contributed by atoms with Crippen LogP contribution in [0.3, 0.4) is 0 Å². The number of hydrogen-bond acceptors (Lipinski definition) is 1. The molecule has 1 nitrogen and oxygen atoms in total. The van der Waals surface area contributed by atoms with Gasteiger partial charge in [-0.2, -0.15) is 0 Å². The van der Waals surface area contributed by atoms with Gasteiger partial charge in [0.2, 0.25) is 0 Å². The summed E-state index contributed by atoms with van der Waals surface area (Å²) in [6.07, 6.45) is 0. The van der Waals surface area contributed by atoms with Gasteiger partial charge in [-0.1, -0.05) is 34.1 Å². The van der Waals surface area contributed by atoms with Crippen molar-refractivity contribution in [3.05, 3.63) is 64.1 Å². The molecule has 0 saturated heterocycles. The van der Waals surface area contributed by atoms with Gasteiger partial charge in [0.25, 0.3) is 0 Å². The van der Waals surface area contributed by atoms with E-state index in [0.717, 1.165) is 0 Å². The highest BCUT2D eigenvalue weighted by molar-refractivity contribution is 9.10. The van der Waals surface area contributed by atoms with Crippen molar-refractivity contribution in [1.82, 2.24) is 0 Å². The second-order valence-corrected chi connectivity index (χ2v) is 4.96. The maximum atomic E-state index is 13.7. The molecule has 0 heterocycles. The van der Waals surface area contributed by atoms with Crippen LogP contribution in [-0.2, 0) is 6.54 Å². The van der Waals surface area contributed by atoms with E-state index in [9.17, 15) is 8.78 Å². The molecule has 0 atom stereocenters. The molecule has 0 unspecified atom stereocenters. The lowest BCUT2D eigenvalue weighted by Crippen LogP contribution is -2.18. The molecule has 0 aromatic heterocycles. The second-order valence-electron chi connectivity index (χ2n) is 4.04. The van der Waals surface area contributed by atoms with Crippen LogP contribution in [0.1, 0.15) is 5.56 Å². The molecule has 4 heteroatoms. The van der Waals surface area contributed by atoms with Crippen LogP contribution in [0.15, 0.2) is 46.9 Å². The topological polar surface area (TPSA) is 3.24 Å². The largest absolute Gasteiger partial charge is 0.368 e. The van der Waals surface area contributed by atoms with Crippen LogP contribution in [-0.4, -0.2) is 7.05 Å². The fourth-order valence-electron chi connectivity index (χ4n) is 1.75. The lowest BCUT2D eigenvalue weighted by molar-refractivity contribution is 0.600. The van der Waals surface area contributed by atoms with Gasteiger partial charge < -0.3 is 4.90 Å². The number of anilines is 1. The zero-order valence-electron chi connectivity index (χ0n) is 9.83. The van der Waals surface area contributed by atoms with Crippen molar-refractivity contribution < 1.29 is 8.78 Å². The minimum absolute atomic E-state index is 0.299. The average Bonchev–Trinajstić information content (AvgIpc) is 2.33. The summed E-state index contributed by atoms with van der Waals surface area (Å²) >= 11 is 3.21. The Kier molecular flexibility index (Phi) is 3.97. The lowest BCUT2D eigenvalue weighted by atomic mass is 10.2. The molecule has 0 bridgehead atoms. The van der Waals surface area contributed by atoms with Gasteiger partial charge >= 0.3 is 0 Å². The molecule has 2 aromatic carbocycles. The summed E-state index contributed by atoms with van der Waals surface area (Å²) in [4.78, 5) is 1.68. The fraction of sp³-hybridized carbons (Fsp3) is 0.143. The number of nitrogens with zero attached hydrogens (tertiary/aromatic N) is 1. The molecule has 0 N–H and O–H groups in total. The quantitative estimate of drug-likeness (QED) is 0.814. The normalized spacial score (nSPS) is 10.4. The zero-order chi connectivity index (χ0) is 13.1. The van der Waals surface area contributed by atoms with E-state index in [4.69, 9.17) is 0 Å². The van der Waals surface area contributed by atoms with Crippen molar-refractivity contribution >= 4 is 21.6 Å². The van der Waals surface area contributed by atoms with Crippen molar-refractivity contribution in [3.63, 3.8) is 0 Å². The Hall–Kier alpha value is -1.42. The highest BCUT2D eigenvalue weighted by Crippen LogP contribution is 2.21. The summed E-state index contributed by atoms with van der Waals surface area (Å²) in [5.41, 5.74) is 0.990. The summed E-state index contributed by atoms with van der Waals surface area (Å²) in [7, 11) is 1.74. The maximum absolute atomic E-state index is 13.7. The number of para-hydroxylation sites is 1. The van der Waals surface area contributed by atoms with Crippen molar-refractivity contribution in [2.75, 3.05) is 11.9 Å². The third-order valence-electron chi connectivity index (χ3n) is 2.69. The molecule has 2 rings (SSSR count). The Morgan fingerprint density at radius 3 is 2.44 bits per heavy atom. The van der Waals surface area contributed by atoms with Crippen LogP contribution in [0.25, 0.3) is 0 Å². The summed E-state index contributed by atoms with van der Waals surface area (Å²) in [6.45, 7) is 0.319. The van der Waals surface area contributed by atoms with Gasteiger partial charge in [-0.05, 0) is 24.3 Å². The van der Waals surface area contributed by atoms with Crippen LogP contribution in [0.2, 0.25) is 0 Å². The van der Waals surface area contributed by atoms with E-state index in [1.807, 2.05) is 0 Å². The third-order valence-corrected chi connectivity index (χ3v) is 3.18. The van der Waals surface area contributed by atoms with E-state index in [2.05, 4.69) is 15.9 Å². The predicted octanol–water partition coefficient (Wildman–Crippen LogP) is 4.36. The predicted molar refractivity (Wildman–Crippen MR) is 72.6 cm³/mol. The molecule has 2 aromatic rings. The summed E-state index contributed by atoms with van der Waals surface area (Å²) in [5.74, 6) is -0.606. The summed E-state index contributed by atoms with van der Waals surface area (Å²) in [5, 5.41) is 0. The molecule has 0 amide bonds. The van der Waals surface area contributed by atoms with E-state index in [0.29, 0.717) is 22.3 Å². The number of hydrogen-bond donors (Lipinski definition) is 0. The highest BCUT2D eigenvalue weighted by atomic mass is 79.9. The molecular weight excluding hydrogens is 300 g/mol. The lowest BCUT2D eigenvalue weighted by Gasteiger charge is -2.20. The van der Waals surface area contributed by atoms with Crippen molar-refractivity contribution in [3.8, 4) is 0 Å². The Labute approximate surface area is 113 Å². The monoisotopic (exact) mass is 311 g/mol. The molecular formula is C14H12BrF2N. The first-order valence-electron chi connectivity index (χ1n) is 5.47. The molecule has 0 aliphatic carbocycles. The fourth-order valence-corrected chi connectivity index (χ4v) is 2.09. The highest BCUT2D eigenvalue weighted by Gasteiger charge is 2.10. The van der Waals surface area contributed by atoms with Gasteiger partial charge in [-0.3, -0.25) is 0 Å². The van der Waals surface area contributed by atoms with Gasteiger partial charge in [-0.15, -0.1) is 0 Å². The van der Waals surface area contributed by atoms with Gasteiger partial charge in [-0.25, -0.2) is 8.78 Å². The van der Waals surface area contributed by atoms with Crippen LogP contribution < -0.4 is 4.90 Å². The van der Waals surface area contributed by atoms with Crippen molar-refractivity contribution in [1.29, 1.82) is 0 Å². The number of benzene rings is 2. The van der Waals surface area contributed by atoms with Gasteiger partial charge in [0, 0.05) is 23.6 Å². The summed E-state index contributed by atoms with van der Waals surface area (Å²) < 4.78 is 27.9. The zero-order valence-corrected chi connectivity index (χ0v) is 11.4. The van der Waals surface area contributed by atoms with Gasteiger partial charge in [0.15, 0.2) is 0 Å². The van der Waals surface area contributed by atoms with E-state index < -0.39 is 0 Å². The average molecular weight is 312 g/mol. The van der Waals surface area contributed by atoms with Gasteiger partial charge in [0.05, 0.1) is 5.69 Å². The molecule has 0 radical (unpaired) electrons. The third kappa shape index (κ3) is 2.88. The minimum atomic E-state index is -0.308. The Bertz CT molecular complexity index is 557. The molecule has 0 fully saturated rings. The van der Waals surface area contributed by atoms with Crippen molar-refractivity contribution in [2.45, 2.75) is 6.54 Å².